The molecule has 0 radical (unpaired) electrons. The van der Waals surface area contributed by atoms with Crippen LogP contribution in [-0.4, -0.2) is 70.5 Å². The zero-order valence-corrected chi connectivity index (χ0v) is 17.9. The number of rotatable bonds is 6. The number of alkyl halides is 3. The van der Waals surface area contributed by atoms with Crippen molar-refractivity contribution in [3.05, 3.63) is 33.1 Å². The summed E-state index contributed by atoms with van der Waals surface area (Å²) >= 11 is 0. The summed E-state index contributed by atoms with van der Waals surface area (Å²) in [6.07, 6.45) is -11.4. The second kappa shape index (κ2) is 10.5. The Labute approximate surface area is 188 Å². The molecule has 1 aromatic heterocycles. The maximum atomic E-state index is 13.0. The molecule has 188 valence electrons. The van der Waals surface area contributed by atoms with Gasteiger partial charge in [0, 0.05) is 33.0 Å². The van der Waals surface area contributed by atoms with Crippen molar-refractivity contribution in [2.45, 2.75) is 57.5 Å². The van der Waals surface area contributed by atoms with Crippen LogP contribution in [0.4, 0.5) is 13.2 Å². The fourth-order valence-electron chi connectivity index (χ4n) is 3.17. The molecule has 0 aromatic carbocycles. The number of amides is 1. The number of hydrogen-bond acceptors (Lipinski definition) is 10. The first-order valence-corrected chi connectivity index (χ1v) is 9.53. The Morgan fingerprint density at radius 3 is 2.15 bits per heavy atom. The van der Waals surface area contributed by atoms with Gasteiger partial charge in [-0.05, 0) is 0 Å². The van der Waals surface area contributed by atoms with Crippen LogP contribution in [0.5, 0.6) is 0 Å². The molecule has 0 unspecified atom stereocenters. The molecule has 1 amide bonds. The third kappa shape index (κ3) is 6.66. The minimum Gasteiger partial charge on any atom is -0.463 e. The van der Waals surface area contributed by atoms with Crippen molar-refractivity contribution < 1.29 is 51.3 Å². The van der Waals surface area contributed by atoms with Crippen LogP contribution >= 0.6 is 0 Å². The molecule has 2 heterocycles. The molecule has 0 aliphatic carbocycles. The summed E-state index contributed by atoms with van der Waals surface area (Å²) in [5.74, 6) is -5.31. The molecule has 2 rings (SSSR count). The van der Waals surface area contributed by atoms with Gasteiger partial charge in [-0.2, -0.15) is 13.2 Å². The van der Waals surface area contributed by atoms with Crippen molar-refractivity contribution in [1.29, 1.82) is 0 Å². The molecule has 0 spiro atoms. The largest absolute Gasteiger partial charge is 0.471 e. The van der Waals surface area contributed by atoms with E-state index in [9.17, 15) is 41.9 Å². The molecule has 1 fully saturated rings. The minimum atomic E-state index is -5.40. The Morgan fingerprint density at radius 1 is 1.06 bits per heavy atom. The maximum absolute atomic E-state index is 13.0. The Balaban J connectivity index is 2.66. The lowest BCUT2D eigenvalue weighted by Gasteiger charge is -2.45. The van der Waals surface area contributed by atoms with Gasteiger partial charge in [0.05, 0.1) is 0 Å². The lowest BCUT2D eigenvalue weighted by molar-refractivity contribution is -0.240. The van der Waals surface area contributed by atoms with Crippen LogP contribution in [0.25, 0.3) is 0 Å². The number of aromatic nitrogens is 2. The summed E-state index contributed by atoms with van der Waals surface area (Å²) in [7, 11) is 0. The van der Waals surface area contributed by atoms with Crippen LogP contribution in [0.3, 0.4) is 0 Å². The molecule has 1 aliphatic heterocycles. The van der Waals surface area contributed by atoms with E-state index in [0.717, 1.165) is 33.0 Å². The SMILES string of the molecule is CC(=O)OC[C@@H]1O[C@@H](n2ccc(=O)[nH]c2=O)[C@@H](NC(=O)C(F)(F)F)[C@@H](OC(C)=O)[C@H]1OC(C)=O. The summed E-state index contributed by atoms with van der Waals surface area (Å²) in [5, 5.41) is 1.58. The third-order valence-electron chi connectivity index (χ3n) is 4.40. The predicted octanol–water partition coefficient (Wildman–Crippen LogP) is -1.09. The Bertz CT molecular complexity index is 1070. The van der Waals surface area contributed by atoms with E-state index >= 15 is 0 Å². The van der Waals surface area contributed by atoms with Crippen molar-refractivity contribution >= 4 is 23.8 Å². The normalized spacial score (nSPS) is 24.6. The molecular weight excluding hydrogens is 475 g/mol. The van der Waals surface area contributed by atoms with E-state index in [4.69, 9.17) is 18.9 Å². The fourth-order valence-corrected chi connectivity index (χ4v) is 3.17. The fraction of sp³-hybridized carbons (Fsp3) is 0.556. The molecule has 2 N–H and O–H groups in total. The Morgan fingerprint density at radius 2 is 1.65 bits per heavy atom. The van der Waals surface area contributed by atoms with E-state index in [1.54, 1.807) is 5.32 Å². The number of nitrogens with zero attached hydrogens (tertiary/aromatic N) is 1. The molecule has 1 aliphatic rings. The van der Waals surface area contributed by atoms with Gasteiger partial charge in [0.25, 0.3) is 5.56 Å². The first kappa shape index (κ1) is 26.6. The van der Waals surface area contributed by atoms with Gasteiger partial charge in [-0.25, -0.2) is 4.79 Å². The highest BCUT2D eigenvalue weighted by Crippen LogP contribution is 2.32. The average molecular weight is 495 g/mol. The molecular formula is C18H20F3N3O10. The van der Waals surface area contributed by atoms with Gasteiger partial charge in [-0.1, -0.05) is 0 Å². The summed E-state index contributed by atoms with van der Waals surface area (Å²) in [4.78, 5) is 72.1. The monoisotopic (exact) mass is 495 g/mol. The van der Waals surface area contributed by atoms with Crippen LogP contribution in [-0.2, 0) is 38.1 Å². The van der Waals surface area contributed by atoms with Crippen LogP contribution < -0.4 is 16.6 Å². The predicted molar refractivity (Wildman–Crippen MR) is 101 cm³/mol. The Kier molecular flexibility index (Phi) is 8.20. The topological polar surface area (TPSA) is 172 Å². The summed E-state index contributed by atoms with van der Waals surface area (Å²) < 4.78 is 60.3. The van der Waals surface area contributed by atoms with Gasteiger partial charge in [-0.3, -0.25) is 33.5 Å². The molecule has 5 atom stereocenters. The van der Waals surface area contributed by atoms with Crippen LogP contribution in [0.1, 0.15) is 27.0 Å². The molecule has 1 aromatic rings. The van der Waals surface area contributed by atoms with Crippen LogP contribution in [0.15, 0.2) is 21.9 Å². The summed E-state index contributed by atoms with van der Waals surface area (Å²) in [5.41, 5.74) is -2.00. The summed E-state index contributed by atoms with van der Waals surface area (Å²) in [6.45, 7) is 2.23. The van der Waals surface area contributed by atoms with Crippen molar-refractivity contribution in [2.75, 3.05) is 6.61 Å². The number of hydrogen-bond donors (Lipinski definition) is 2. The van der Waals surface area contributed by atoms with Gasteiger partial charge >= 0.3 is 35.7 Å². The number of ether oxygens (including phenoxy) is 4. The second-order valence-corrected chi connectivity index (χ2v) is 7.03. The third-order valence-corrected chi connectivity index (χ3v) is 4.40. The van der Waals surface area contributed by atoms with Gasteiger partial charge in [0.15, 0.2) is 18.4 Å². The van der Waals surface area contributed by atoms with Gasteiger partial charge in [0.1, 0.15) is 18.8 Å². The highest BCUT2D eigenvalue weighted by Gasteiger charge is 2.53. The molecule has 16 heteroatoms. The van der Waals surface area contributed by atoms with Gasteiger partial charge in [0.2, 0.25) is 0 Å². The van der Waals surface area contributed by atoms with E-state index in [0.29, 0.717) is 4.57 Å². The minimum absolute atomic E-state index is 0.615. The number of carbonyl (C=O) groups is 4. The number of H-pyrrole nitrogens is 1. The standard InChI is InChI=1S/C18H20F3N3O10/c1-7(25)31-6-10-13(32-8(2)26)14(33-9(3)27)12(23-16(29)18(19,20)21)15(34-10)24-5-4-11(28)22-17(24)30/h4-5,10,12-15H,6H2,1-3H3,(H,23,29)(H,22,28,30)/t10-,12-,13-,14+,15+/m0/s1. The van der Waals surface area contributed by atoms with Crippen LogP contribution in [0, 0.1) is 0 Å². The first-order valence-electron chi connectivity index (χ1n) is 9.53. The smallest absolute Gasteiger partial charge is 0.463 e. The number of esters is 3. The van der Waals surface area contributed by atoms with Gasteiger partial charge < -0.3 is 24.3 Å². The highest BCUT2D eigenvalue weighted by molar-refractivity contribution is 5.82. The second-order valence-electron chi connectivity index (χ2n) is 7.03. The summed E-state index contributed by atoms with van der Waals surface area (Å²) in [6, 6.07) is -1.12. The zero-order valence-electron chi connectivity index (χ0n) is 17.9. The molecule has 13 nitrogen and oxygen atoms in total. The highest BCUT2D eigenvalue weighted by atomic mass is 19.4. The maximum Gasteiger partial charge on any atom is 0.471 e. The van der Waals surface area contributed by atoms with Crippen molar-refractivity contribution in [1.82, 2.24) is 14.9 Å². The number of nitrogens with one attached hydrogen (secondary N) is 2. The number of aromatic amines is 1. The molecule has 1 saturated heterocycles. The molecule has 34 heavy (non-hydrogen) atoms. The Hall–Kier alpha value is -3.69. The van der Waals surface area contributed by atoms with Gasteiger partial charge in [-0.15, -0.1) is 0 Å². The van der Waals surface area contributed by atoms with E-state index in [-0.39, 0.29) is 0 Å². The van der Waals surface area contributed by atoms with Crippen molar-refractivity contribution in [3.63, 3.8) is 0 Å². The number of carbonyl (C=O) groups excluding carboxylic acids is 4. The van der Waals surface area contributed by atoms with Crippen molar-refractivity contribution in [3.8, 4) is 0 Å². The van der Waals surface area contributed by atoms with E-state index in [2.05, 4.69) is 0 Å². The van der Waals surface area contributed by atoms with E-state index < -0.39 is 78.4 Å². The van der Waals surface area contributed by atoms with E-state index in [1.165, 1.54) is 0 Å². The molecule has 0 saturated carbocycles. The van der Waals surface area contributed by atoms with Crippen LogP contribution in [0.2, 0.25) is 0 Å². The quantitative estimate of drug-likeness (QED) is 0.365. The average Bonchev–Trinajstić information content (AvgIpc) is 2.68. The first-order chi connectivity index (χ1) is 15.7. The molecule has 0 bridgehead atoms. The van der Waals surface area contributed by atoms with Crippen molar-refractivity contribution in [2.24, 2.45) is 0 Å². The lowest BCUT2D eigenvalue weighted by atomic mass is 9.94. The lowest BCUT2D eigenvalue weighted by Crippen LogP contribution is -2.66. The van der Waals surface area contributed by atoms with E-state index in [1.807, 2.05) is 4.98 Å². The number of halogens is 3. The zero-order chi connectivity index (χ0) is 25.8.